The molecule has 3 fully saturated rings. The first-order valence-corrected chi connectivity index (χ1v) is 20.8. The molecule has 3 aliphatic rings. The van der Waals surface area contributed by atoms with Gasteiger partial charge >= 0.3 is 0 Å². The van der Waals surface area contributed by atoms with Crippen LogP contribution in [0.5, 0.6) is 5.75 Å². The molecule has 0 saturated carbocycles. The zero-order valence-electron chi connectivity index (χ0n) is 35.9. The van der Waals surface area contributed by atoms with Gasteiger partial charge in [0.15, 0.2) is 17.3 Å². The van der Waals surface area contributed by atoms with Gasteiger partial charge in [-0.05, 0) is 89.6 Å². The molecule has 3 saturated heterocycles. The van der Waals surface area contributed by atoms with E-state index in [1.165, 1.54) is 0 Å². The summed E-state index contributed by atoms with van der Waals surface area (Å²) < 4.78 is 21.8. The molecule has 0 unspecified atom stereocenters. The van der Waals surface area contributed by atoms with Gasteiger partial charge in [0.2, 0.25) is 11.8 Å². The standard InChI is InChI=1S/C35H47N3O7.C12H15NO2.2CH4/c1-24(36-31(40)22-38-15-17-43-18-16-38)30(39)21-27(19-26-11-13-28(14-12-26)45-34(2,3)4)33(42)37-29(32(41)35(5)23-44-35)20-25-9-7-6-8-10-25;1-12(8-15-12)11(14)10(13)7-9-5-3-2-4-6-9;;/h6-14,24,27,29H,15-23H2,1-5H3,(H,36,40)(H,37,42);2-6,10H,7-8,13H2,1H3;2*1H4/t24-,27+,29-,35+;10-,12+;;/m00../s1. The van der Waals surface area contributed by atoms with Gasteiger partial charge in [-0.3, -0.25) is 28.9 Å². The van der Waals surface area contributed by atoms with Gasteiger partial charge < -0.3 is 35.3 Å². The van der Waals surface area contributed by atoms with E-state index in [-0.39, 0.29) is 63.1 Å². The van der Waals surface area contributed by atoms with E-state index in [0.29, 0.717) is 58.1 Å². The van der Waals surface area contributed by atoms with Crippen molar-refractivity contribution < 1.29 is 42.9 Å². The summed E-state index contributed by atoms with van der Waals surface area (Å²) in [5, 5.41) is 5.76. The fraction of sp³-hybridized carbons (Fsp3) is 0.531. The van der Waals surface area contributed by atoms with Crippen LogP contribution in [0.1, 0.15) is 79.5 Å². The molecule has 0 radical (unpaired) electrons. The number of morpholine rings is 1. The number of hydrogen-bond acceptors (Lipinski definition) is 11. The lowest BCUT2D eigenvalue weighted by Crippen LogP contribution is -2.50. The molecule has 13 heteroatoms. The molecule has 2 amide bonds. The summed E-state index contributed by atoms with van der Waals surface area (Å²) in [4.78, 5) is 67.2. The molecule has 0 bridgehead atoms. The van der Waals surface area contributed by atoms with Gasteiger partial charge in [0.05, 0.1) is 51.1 Å². The summed E-state index contributed by atoms with van der Waals surface area (Å²) in [5.41, 5.74) is 6.78. The van der Waals surface area contributed by atoms with E-state index in [4.69, 9.17) is 24.7 Å². The first kappa shape index (κ1) is 51.6. The van der Waals surface area contributed by atoms with E-state index >= 15 is 0 Å². The first-order chi connectivity index (χ1) is 28.4. The minimum Gasteiger partial charge on any atom is -0.488 e. The fourth-order valence-electron chi connectivity index (χ4n) is 6.91. The Hall–Kier alpha value is -4.79. The molecular weight excluding hydrogens is 789 g/mol. The molecule has 13 nitrogen and oxygen atoms in total. The smallest absolute Gasteiger partial charge is 0.234 e. The molecule has 0 aromatic heterocycles. The molecule has 340 valence electrons. The minimum absolute atomic E-state index is 0. The van der Waals surface area contributed by atoms with E-state index in [1.54, 1.807) is 20.8 Å². The summed E-state index contributed by atoms with van der Waals surface area (Å²) in [6.07, 6.45) is 1.05. The van der Waals surface area contributed by atoms with E-state index in [9.17, 15) is 24.0 Å². The maximum absolute atomic E-state index is 13.9. The Morgan fingerprint density at radius 1 is 0.742 bits per heavy atom. The van der Waals surface area contributed by atoms with Gasteiger partial charge in [-0.15, -0.1) is 0 Å². The van der Waals surface area contributed by atoms with Crippen LogP contribution in [0, 0.1) is 5.92 Å². The number of epoxide rings is 2. The van der Waals surface area contributed by atoms with E-state index in [1.807, 2.05) is 111 Å². The summed E-state index contributed by atoms with van der Waals surface area (Å²) >= 11 is 0. The molecule has 0 aliphatic carbocycles. The Morgan fingerprint density at radius 2 is 1.24 bits per heavy atom. The van der Waals surface area contributed by atoms with Gasteiger partial charge in [-0.1, -0.05) is 87.6 Å². The van der Waals surface area contributed by atoms with Crippen molar-refractivity contribution in [2.24, 2.45) is 11.7 Å². The second-order valence-corrected chi connectivity index (χ2v) is 17.4. The predicted molar refractivity (Wildman–Crippen MR) is 241 cm³/mol. The monoisotopic (exact) mass is 859 g/mol. The number of carbonyl (C=O) groups is 5. The molecule has 3 heterocycles. The molecular formula is C49H70N4O9. The second-order valence-electron chi connectivity index (χ2n) is 17.4. The van der Waals surface area contributed by atoms with E-state index in [2.05, 4.69) is 10.6 Å². The van der Waals surface area contributed by atoms with Gasteiger partial charge in [-0.2, -0.15) is 0 Å². The van der Waals surface area contributed by atoms with Gasteiger partial charge in [0, 0.05) is 25.4 Å². The van der Waals surface area contributed by atoms with Crippen LogP contribution in [-0.2, 0) is 57.4 Å². The molecule has 3 aliphatic heterocycles. The first-order valence-electron chi connectivity index (χ1n) is 20.8. The fourth-order valence-corrected chi connectivity index (χ4v) is 6.91. The Labute approximate surface area is 368 Å². The summed E-state index contributed by atoms with van der Waals surface area (Å²) in [6, 6.07) is 24.7. The third kappa shape index (κ3) is 16.2. The summed E-state index contributed by atoms with van der Waals surface area (Å²) in [6.45, 7) is 14.5. The van der Waals surface area contributed by atoms with Crippen LogP contribution in [0.4, 0.5) is 0 Å². The number of ether oxygens (including phenoxy) is 4. The quantitative estimate of drug-likeness (QED) is 0.137. The van der Waals surface area contributed by atoms with Gasteiger partial charge in [0.1, 0.15) is 22.6 Å². The van der Waals surface area contributed by atoms with Crippen LogP contribution in [0.3, 0.4) is 0 Å². The zero-order chi connectivity index (χ0) is 43.5. The largest absolute Gasteiger partial charge is 0.488 e. The summed E-state index contributed by atoms with van der Waals surface area (Å²) in [7, 11) is 0. The average molecular weight is 859 g/mol. The minimum atomic E-state index is -0.930. The van der Waals surface area contributed by atoms with Crippen molar-refractivity contribution >= 4 is 29.2 Å². The zero-order valence-corrected chi connectivity index (χ0v) is 35.9. The lowest BCUT2D eigenvalue weighted by Gasteiger charge is -2.27. The van der Waals surface area contributed by atoms with Crippen LogP contribution >= 0.6 is 0 Å². The number of carbonyl (C=O) groups excluding carboxylic acids is 5. The van der Waals surface area contributed by atoms with Crippen LogP contribution in [-0.4, -0.2) is 115 Å². The third-order valence-electron chi connectivity index (χ3n) is 10.7. The van der Waals surface area contributed by atoms with Crippen molar-refractivity contribution in [3.05, 3.63) is 102 Å². The van der Waals surface area contributed by atoms with Crippen molar-refractivity contribution in [3.8, 4) is 5.75 Å². The second kappa shape index (κ2) is 23.1. The van der Waals surface area contributed by atoms with Crippen molar-refractivity contribution in [2.75, 3.05) is 46.1 Å². The predicted octanol–water partition coefficient (Wildman–Crippen LogP) is 5.09. The number of ketones is 3. The number of nitrogens with one attached hydrogen (secondary N) is 2. The number of benzene rings is 3. The SMILES string of the molecule is C.C.C[C@H](NC(=O)CN1CCOCC1)C(=O)C[C@@H](Cc1ccc(OC(C)(C)C)cc1)C(=O)N[C@@H](Cc1ccccc1)C(=O)[C@@]1(C)CO1.C[C@]1(C(=O)[C@@H](N)Cc2ccccc2)CO1. The number of hydrogen-bond donors (Lipinski definition) is 3. The molecule has 4 N–H and O–H groups in total. The number of amides is 2. The lowest BCUT2D eigenvalue weighted by molar-refractivity contribution is -0.134. The van der Waals surface area contributed by atoms with E-state index < -0.39 is 41.2 Å². The van der Waals surface area contributed by atoms with Crippen LogP contribution in [0.25, 0.3) is 0 Å². The lowest BCUT2D eigenvalue weighted by atomic mass is 9.89. The Balaban J connectivity index is 0.000000506. The number of Topliss-reactive ketones (excluding diaryl/α,β-unsaturated/α-hetero) is 3. The highest BCUT2D eigenvalue weighted by Crippen LogP contribution is 2.30. The topological polar surface area (TPSA) is 182 Å². The number of nitrogens with zero attached hydrogens (tertiary/aromatic N) is 1. The van der Waals surface area contributed by atoms with Gasteiger partial charge in [0.25, 0.3) is 0 Å². The molecule has 6 rings (SSSR count). The van der Waals surface area contributed by atoms with Crippen molar-refractivity contribution in [2.45, 2.75) is 117 Å². The Bertz CT molecular complexity index is 1900. The average Bonchev–Trinajstić information content (AvgIpc) is 4.16. The van der Waals surface area contributed by atoms with E-state index in [0.717, 1.165) is 16.7 Å². The third-order valence-corrected chi connectivity index (χ3v) is 10.7. The Morgan fingerprint density at radius 3 is 1.76 bits per heavy atom. The maximum atomic E-state index is 13.9. The highest BCUT2D eigenvalue weighted by molar-refractivity contribution is 5.98. The van der Waals surface area contributed by atoms with Crippen molar-refractivity contribution in [1.29, 1.82) is 0 Å². The number of rotatable bonds is 19. The maximum Gasteiger partial charge on any atom is 0.234 e. The summed E-state index contributed by atoms with van der Waals surface area (Å²) in [5.74, 6) is -1.18. The van der Waals surface area contributed by atoms with Crippen LogP contribution in [0.15, 0.2) is 84.9 Å². The van der Waals surface area contributed by atoms with Crippen molar-refractivity contribution in [1.82, 2.24) is 15.5 Å². The molecule has 62 heavy (non-hydrogen) atoms. The highest BCUT2D eigenvalue weighted by atomic mass is 16.6. The molecule has 0 spiro atoms. The molecule has 3 aromatic rings. The molecule has 3 aromatic carbocycles. The van der Waals surface area contributed by atoms with Crippen LogP contribution in [0.2, 0.25) is 0 Å². The van der Waals surface area contributed by atoms with Crippen molar-refractivity contribution in [3.63, 3.8) is 0 Å². The number of nitrogens with two attached hydrogens (primary N) is 1. The molecule has 6 atom stereocenters. The normalized spacial score (nSPS) is 21.1. The van der Waals surface area contributed by atoms with Gasteiger partial charge in [-0.25, -0.2) is 0 Å². The Kier molecular flexibility index (Phi) is 19.2. The van der Waals surface area contributed by atoms with Crippen LogP contribution < -0.4 is 21.1 Å². The highest BCUT2D eigenvalue weighted by Gasteiger charge is 2.50.